The Morgan fingerprint density at radius 1 is 0.260 bits per heavy atom. The van der Waals surface area contributed by atoms with Gasteiger partial charge in [0.15, 0.2) is 12.2 Å². The molecule has 5 atom stereocenters. The molecule has 618 valence electrons. The quantitative estimate of drug-likeness (QED) is 0.0222. The molecule has 2 unspecified atom stereocenters. The predicted molar refractivity (Wildman–Crippen MR) is 428 cm³/mol. The van der Waals surface area contributed by atoms with Gasteiger partial charge in [-0.05, 0) is 37.5 Å². The molecule has 0 aromatic rings. The second-order valence-corrected chi connectivity index (χ2v) is 34.4. The molecule has 0 aliphatic rings. The molecule has 0 aromatic heterocycles. The highest BCUT2D eigenvalue weighted by molar-refractivity contribution is 7.47. The van der Waals surface area contributed by atoms with Crippen LogP contribution in [0.15, 0.2) is 0 Å². The lowest BCUT2D eigenvalue weighted by molar-refractivity contribution is -0.161. The number of carbonyl (C=O) groups is 4. The van der Waals surface area contributed by atoms with Gasteiger partial charge < -0.3 is 33.8 Å². The SMILES string of the molecule is CCCCCCCCCCCCCCCCCCCCCCCCC(=O)OC[C@H](COP(=O)(O)OC[C@@H](O)COP(=O)(O)OC[C@@H](COC(=O)CCCCCCCCC(C)C)OC(=O)CCCCCCCCCCC(C)C)OC(=O)CCCCCCCCCCCCCCCCCCCCCCCC. The number of carbonyl (C=O) groups excluding carboxylic acids is 4. The topological polar surface area (TPSA) is 237 Å². The normalized spacial score (nSPS) is 13.8. The van der Waals surface area contributed by atoms with E-state index in [4.69, 9.17) is 37.0 Å². The van der Waals surface area contributed by atoms with Crippen molar-refractivity contribution in [3.8, 4) is 0 Å². The van der Waals surface area contributed by atoms with E-state index in [2.05, 4.69) is 41.5 Å². The van der Waals surface area contributed by atoms with Gasteiger partial charge in [0.25, 0.3) is 0 Å². The van der Waals surface area contributed by atoms with Gasteiger partial charge in [0.2, 0.25) is 0 Å². The zero-order valence-corrected chi connectivity index (χ0v) is 70.1. The number of ether oxygens (including phenoxy) is 4. The number of phosphoric ester groups is 2. The van der Waals surface area contributed by atoms with Gasteiger partial charge in [-0.1, -0.05) is 401 Å². The van der Waals surface area contributed by atoms with Crippen LogP contribution in [0.25, 0.3) is 0 Å². The van der Waals surface area contributed by atoms with Crippen molar-refractivity contribution in [1.82, 2.24) is 0 Å². The molecule has 0 fully saturated rings. The molecule has 0 saturated heterocycles. The lowest BCUT2D eigenvalue weighted by Crippen LogP contribution is -2.30. The van der Waals surface area contributed by atoms with Crippen LogP contribution in [0.2, 0.25) is 0 Å². The second-order valence-electron chi connectivity index (χ2n) is 31.5. The van der Waals surface area contributed by atoms with E-state index in [0.29, 0.717) is 31.6 Å². The summed E-state index contributed by atoms with van der Waals surface area (Å²) in [4.78, 5) is 73.0. The lowest BCUT2D eigenvalue weighted by atomic mass is 10.0. The molecule has 104 heavy (non-hydrogen) atoms. The summed E-state index contributed by atoms with van der Waals surface area (Å²) in [6.45, 7) is 9.51. The summed E-state index contributed by atoms with van der Waals surface area (Å²) in [5.74, 6) is -0.715. The molecule has 0 saturated carbocycles. The highest BCUT2D eigenvalue weighted by Gasteiger charge is 2.30. The number of aliphatic hydroxyl groups excluding tert-OH is 1. The van der Waals surface area contributed by atoms with E-state index in [0.717, 1.165) is 102 Å². The van der Waals surface area contributed by atoms with Gasteiger partial charge in [-0.15, -0.1) is 0 Å². The number of rotatable bonds is 84. The van der Waals surface area contributed by atoms with Gasteiger partial charge in [-0.25, -0.2) is 9.13 Å². The average molecular weight is 1520 g/mol. The summed E-state index contributed by atoms with van der Waals surface area (Å²) < 4.78 is 68.7. The minimum atomic E-state index is -4.96. The van der Waals surface area contributed by atoms with Crippen molar-refractivity contribution in [2.45, 2.75) is 471 Å². The van der Waals surface area contributed by atoms with Gasteiger partial charge in [0.1, 0.15) is 19.3 Å². The van der Waals surface area contributed by atoms with Crippen molar-refractivity contribution in [3.05, 3.63) is 0 Å². The first-order valence-corrected chi connectivity index (χ1v) is 47.0. The molecule has 0 amide bonds. The second kappa shape index (κ2) is 76.4. The Bertz CT molecular complexity index is 1990. The van der Waals surface area contributed by atoms with Crippen LogP contribution in [0.5, 0.6) is 0 Å². The largest absolute Gasteiger partial charge is 0.472 e. The third-order valence-electron chi connectivity index (χ3n) is 20.0. The Labute approximate surface area is 638 Å². The Morgan fingerprint density at radius 3 is 0.654 bits per heavy atom. The van der Waals surface area contributed by atoms with Crippen LogP contribution in [0.1, 0.15) is 452 Å². The average Bonchev–Trinajstić information content (AvgIpc) is 0.904. The van der Waals surface area contributed by atoms with E-state index in [1.807, 2.05) is 0 Å². The fraction of sp³-hybridized carbons (Fsp3) is 0.953. The van der Waals surface area contributed by atoms with Crippen LogP contribution in [0.3, 0.4) is 0 Å². The maximum absolute atomic E-state index is 13.1. The third kappa shape index (κ3) is 78.2. The van der Waals surface area contributed by atoms with E-state index in [1.165, 1.54) is 263 Å². The molecule has 0 aromatic carbocycles. The Kier molecular flexibility index (Phi) is 75.0. The predicted octanol–water partition coefficient (Wildman–Crippen LogP) is 25.8. The van der Waals surface area contributed by atoms with Crippen LogP contribution in [-0.2, 0) is 65.4 Å². The summed E-state index contributed by atoms with van der Waals surface area (Å²) in [5.41, 5.74) is 0. The smallest absolute Gasteiger partial charge is 0.462 e. The standard InChI is InChI=1S/C85H166O17P2/c1-7-9-11-13-15-17-19-21-23-25-27-29-31-33-35-37-39-41-43-48-55-61-67-82(87)95-73-80(101-84(89)69-63-57-49-44-42-40-38-36-34-32-30-28-26-24-22-20-18-16-14-12-10-8-2)75-99-103(91,92)97-71-79(86)72-98-104(93,94)100-76-81(74-96-83(88)68-62-56-52-51-54-60-66-78(5)6)102-85(90)70-64-58-50-46-45-47-53-59-65-77(3)4/h77-81,86H,7-76H2,1-6H3,(H,91,92)(H,93,94)/t79-,80-,81-/m1/s1. The molecule has 0 heterocycles. The van der Waals surface area contributed by atoms with E-state index in [-0.39, 0.29) is 25.7 Å². The molecule has 0 rings (SSSR count). The fourth-order valence-electron chi connectivity index (χ4n) is 13.2. The first kappa shape index (κ1) is 102. The molecular weight excluding hydrogens is 1350 g/mol. The highest BCUT2D eigenvalue weighted by Crippen LogP contribution is 2.45. The van der Waals surface area contributed by atoms with Gasteiger partial charge in [-0.2, -0.15) is 0 Å². The van der Waals surface area contributed by atoms with Crippen molar-refractivity contribution in [3.63, 3.8) is 0 Å². The Balaban J connectivity index is 5.16. The third-order valence-corrected chi connectivity index (χ3v) is 21.9. The minimum Gasteiger partial charge on any atom is -0.462 e. The van der Waals surface area contributed by atoms with Crippen molar-refractivity contribution in [2.75, 3.05) is 39.6 Å². The number of unbranched alkanes of at least 4 members (excludes halogenated alkanes) is 54. The zero-order chi connectivity index (χ0) is 76.4. The lowest BCUT2D eigenvalue weighted by Gasteiger charge is -2.21. The number of hydrogen-bond acceptors (Lipinski definition) is 15. The molecule has 3 N–H and O–H groups in total. The van der Waals surface area contributed by atoms with Gasteiger partial charge >= 0.3 is 39.5 Å². The fourth-order valence-corrected chi connectivity index (χ4v) is 14.8. The number of hydrogen-bond donors (Lipinski definition) is 3. The summed E-state index contributed by atoms with van der Waals surface area (Å²) in [6.07, 6.45) is 68.7. The summed E-state index contributed by atoms with van der Waals surface area (Å²) in [6, 6.07) is 0. The first-order chi connectivity index (χ1) is 50.4. The minimum absolute atomic E-state index is 0.104. The zero-order valence-electron chi connectivity index (χ0n) is 68.3. The number of phosphoric acid groups is 2. The van der Waals surface area contributed by atoms with Crippen molar-refractivity contribution >= 4 is 39.5 Å². The molecule has 0 aliphatic carbocycles. The van der Waals surface area contributed by atoms with Crippen LogP contribution in [-0.4, -0.2) is 96.7 Å². The number of aliphatic hydroxyl groups is 1. The highest BCUT2D eigenvalue weighted by atomic mass is 31.2. The Morgan fingerprint density at radius 2 is 0.442 bits per heavy atom. The molecule has 0 radical (unpaired) electrons. The van der Waals surface area contributed by atoms with Crippen LogP contribution in [0.4, 0.5) is 0 Å². The van der Waals surface area contributed by atoms with Crippen LogP contribution < -0.4 is 0 Å². The van der Waals surface area contributed by atoms with E-state index in [9.17, 15) is 43.2 Å². The maximum atomic E-state index is 13.1. The van der Waals surface area contributed by atoms with E-state index < -0.39 is 97.5 Å². The van der Waals surface area contributed by atoms with Gasteiger partial charge in [0, 0.05) is 25.7 Å². The maximum Gasteiger partial charge on any atom is 0.472 e. The van der Waals surface area contributed by atoms with E-state index in [1.54, 1.807) is 0 Å². The summed E-state index contributed by atoms with van der Waals surface area (Å²) in [5, 5.41) is 10.6. The molecule has 17 nitrogen and oxygen atoms in total. The molecule has 0 aliphatic heterocycles. The molecular formula is C85H166O17P2. The van der Waals surface area contributed by atoms with Crippen molar-refractivity contribution < 1.29 is 80.2 Å². The monoisotopic (exact) mass is 1520 g/mol. The van der Waals surface area contributed by atoms with Gasteiger partial charge in [0.05, 0.1) is 26.4 Å². The molecule has 0 spiro atoms. The number of esters is 4. The van der Waals surface area contributed by atoms with Crippen LogP contribution in [0, 0.1) is 11.8 Å². The van der Waals surface area contributed by atoms with Crippen molar-refractivity contribution in [1.29, 1.82) is 0 Å². The summed E-state index contributed by atoms with van der Waals surface area (Å²) >= 11 is 0. The summed E-state index contributed by atoms with van der Waals surface area (Å²) in [7, 11) is -9.92. The van der Waals surface area contributed by atoms with Crippen LogP contribution >= 0.6 is 15.6 Å². The Hall–Kier alpha value is -1.94. The van der Waals surface area contributed by atoms with Gasteiger partial charge in [-0.3, -0.25) is 37.3 Å². The first-order valence-electron chi connectivity index (χ1n) is 44.0. The molecule has 19 heteroatoms. The van der Waals surface area contributed by atoms with E-state index >= 15 is 0 Å². The van der Waals surface area contributed by atoms with Crippen molar-refractivity contribution in [2.24, 2.45) is 11.8 Å². The molecule has 0 bridgehead atoms.